The highest BCUT2D eigenvalue weighted by Gasteiger charge is 2.81. The molecule has 0 aromatic heterocycles. The first-order valence-electron chi connectivity index (χ1n) is 3.39. The summed E-state index contributed by atoms with van der Waals surface area (Å²) in [6, 6.07) is 0. The van der Waals surface area contributed by atoms with Gasteiger partial charge >= 0.3 is 19.7 Å². The Bertz CT molecular complexity index is 207. The maximum atomic E-state index is 12.5. The molecule has 0 nitrogen and oxygen atoms in total. The first kappa shape index (κ1) is 13.7. The average Bonchev–Trinajstić information content (AvgIpc) is 1.98. The number of halogens is 7. The highest BCUT2D eigenvalue weighted by Crippen LogP contribution is 2.77. The third-order valence-corrected chi connectivity index (χ3v) is 3.26. The van der Waals surface area contributed by atoms with Gasteiger partial charge in [-0.1, -0.05) is 6.08 Å². The van der Waals surface area contributed by atoms with E-state index in [1.807, 2.05) is 0 Å². The predicted molar refractivity (Wildman–Crippen MR) is 39.8 cm³/mol. The van der Waals surface area contributed by atoms with E-state index in [1.54, 1.807) is 0 Å². The normalized spacial score (nSPS) is 14.2. The van der Waals surface area contributed by atoms with Crippen molar-refractivity contribution in [3.05, 3.63) is 12.7 Å². The van der Waals surface area contributed by atoms with Crippen molar-refractivity contribution in [1.82, 2.24) is 0 Å². The molecule has 0 radical (unpaired) electrons. The molecule has 0 rings (SSSR count). The van der Waals surface area contributed by atoms with Crippen molar-refractivity contribution < 1.29 is 30.3 Å². The molecule has 0 heterocycles. The summed E-state index contributed by atoms with van der Waals surface area (Å²) in [7, 11) is -6.31. The van der Waals surface area contributed by atoms with Gasteiger partial charge in [-0.05, 0) is 8.39 Å². The second-order valence-electron chi connectivity index (χ2n) is 2.47. The van der Waals surface area contributed by atoms with Crippen molar-refractivity contribution in [2.24, 2.45) is 0 Å². The van der Waals surface area contributed by atoms with Crippen molar-refractivity contribution in [2.75, 3.05) is 6.16 Å². The summed E-state index contributed by atoms with van der Waals surface area (Å²) in [5.41, 5.74) is -5.89. The lowest BCUT2D eigenvalue weighted by atomic mass is 10.5. The van der Waals surface area contributed by atoms with Crippen LogP contribution in [0.5, 0.6) is 0 Å². The number of hydrogen-bond acceptors (Lipinski definition) is 0. The van der Waals surface area contributed by atoms with Crippen molar-refractivity contribution >= 4 is 7.88 Å². The van der Waals surface area contributed by atoms with E-state index < -0.39 is 32.3 Å². The molecular weight excluding hydrogens is 236 g/mol. The van der Waals surface area contributed by atoms with Crippen molar-refractivity contribution in [2.45, 2.75) is 18.3 Å². The molecule has 0 aliphatic rings. The molecule has 0 bridgehead atoms. The fourth-order valence-electron chi connectivity index (χ4n) is 0.579. The lowest BCUT2D eigenvalue weighted by Gasteiger charge is -2.18. The van der Waals surface area contributed by atoms with Crippen molar-refractivity contribution in [3.8, 4) is 0 Å². The lowest BCUT2D eigenvalue weighted by Crippen LogP contribution is -2.37. The summed E-state index contributed by atoms with van der Waals surface area (Å²) in [5, 5.41) is 0. The highest BCUT2D eigenvalue weighted by molar-refractivity contribution is 7.67. The SMILES string of the molecule is C=CCC[P+](F)(F)C(F)(F)C(F)(F)F. The smallest absolute Gasteiger partial charge is 0.161 e. The third kappa shape index (κ3) is 2.59. The molecule has 14 heavy (non-hydrogen) atoms. The van der Waals surface area contributed by atoms with Gasteiger partial charge in [-0.25, -0.2) is 0 Å². The second kappa shape index (κ2) is 4.04. The van der Waals surface area contributed by atoms with Gasteiger partial charge in [0, 0.05) is 6.42 Å². The molecule has 8 heteroatoms. The van der Waals surface area contributed by atoms with E-state index in [0.29, 0.717) is 0 Å². The van der Waals surface area contributed by atoms with Gasteiger partial charge in [0.2, 0.25) is 0 Å². The third-order valence-electron chi connectivity index (χ3n) is 1.37. The minimum absolute atomic E-state index is 0.563. The Morgan fingerprint density at radius 1 is 1.07 bits per heavy atom. The zero-order chi connectivity index (χ0) is 11.6. The number of hydrogen-bond donors (Lipinski definition) is 0. The van der Waals surface area contributed by atoms with E-state index in [0.717, 1.165) is 6.08 Å². The van der Waals surface area contributed by atoms with Crippen LogP contribution in [0, 0.1) is 0 Å². The summed E-state index contributed by atoms with van der Waals surface area (Å²) < 4.78 is 83.9. The van der Waals surface area contributed by atoms with E-state index >= 15 is 0 Å². The average molecular weight is 243 g/mol. The minimum atomic E-state index is -6.31. The predicted octanol–water partition coefficient (Wildman–Crippen LogP) is 4.50. The Morgan fingerprint density at radius 3 is 1.79 bits per heavy atom. The highest BCUT2D eigenvalue weighted by atomic mass is 31.2. The maximum absolute atomic E-state index is 12.5. The van der Waals surface area contributed by atoms with E-state index in [2.05, 4.69) is 6.58 Å². The van der Waals surface area contributed by atoms with Crippen LogP contribution in [-0.4, -0.2) is 18.0 Å². The van der Waals surface area contributed by atoms with Gasteiger partial charge in [0.15, 0.2) is 0 Å². The standard InChI is InChI=1S/C6H7F7P/c1-2-3-4-14(12,13)6(10,11)5(7,8)9/h2H,1,3-4H2/q+1. The molecule has 0 aromatic rings. The molecular formula is C6H7F7P+. The van der Waals surface area contributed by atoms with Crippen LogP contribution < -0.4 is 0 Å². The van der Waals surface area contributed by atoms with E-state index in [9.17, 15) is 30.3 Å². The molecule has 0 unspecified atom stereocenters. The summed E-state index contributed by atoms with van der Waals surface area (Å²) >= 11 is 0. The topological polar surface area (TPSA) is 0 Å². The summed E-state index contributed by atoms with van der Waals surface area (Å²) in [6.07, 6.45) is -7.35. The summed E-state index contributed by atoms with van der Waals surface area (Å²) in [4.78, 5) is 0. The first-order valence-corrected chi connectivity index (χ1v) is 5.15. The van der Waals surface area contributed by atoms with Crippen molar-refractivity contribution in [3.63, 3.8) is 0 Å². The lowest BCUT2D eigenvalue weighted by molar-refractivity contribution is -0.245. The molecule has 0 aliphatic carbocycles. The Kier molecular flexibility index (Phi) is 3.95. The van der Waals surface area contributed by atoms with E-state index in [-0.39, 0.29) is 0 Å². The maximum Gasteiger partial charge on any atom is 0.515 e. The van der Waals surface area contributed by atoms with Gasteiger partial charge in [0.25, 0.3) is 0 Å². The summed E-state index contributed by atoms with van der Waals surface area (Å²) in [5.74, 6) is 0. The van der Waals surface area contributed by atoms with Crippen LogP contribution in [0.3, 0.4) is 0 Å². The molecule has 0 N–H and O–H groups in total. The Balaban J connectivity index is 4.77. The van der Waals surface area contributed by atoms with Crippen LogP contribution in [-0.2, 0) is 0 Å². The molecule has 0 atom stereocenters. The summed E-state index contributed by atoms with van der Waals surface area (Å²) in [6.45, 7) is 2.97. The van der Waals surface area contributed by atoms with Crippen molar-refractivity contribution in [1.29, 1.82) is 0 Å². The largest absolute Gasteiger partial charge is 0.515 e. The van der Waals surface area contributed by atoms with Gasteiger partial charge < -0.3 is 0 Å². The van der Waals surface area contributed by atoms with Gasteiger partial charge in [-0.15, -0.1) is 6.58 Å². The number of rotatable bonds is 4. The molecule has 0 saturated heterocycles. The molecule has 0 fully saturated rings. The van der Waals surface area contributed by atoms with E-state index in [1.165, 1.54) is 0 Å². The first-order chi connectivity index (χ1) is 6.06. The quantitative estimate of drug-likeness (QED) is 0.387. The molecule has 0 spiro atoms. The fraction of sp³-hybridized carbons (Fsp3) is 0.667. The minimum Gasteiger partial charge on any atom is -0.161 e. The van der Waals surface area contributed by atoms with Crippen LogP contribution in [0.25, 0.3) is 0 Å². The number of allylic oxidation sites excluding steroid dienone is 1. The zero-order valence-electron chi connectivity index (χ0n) is 6.79. The van der Waals surface area contributed by atoms with Gasteiger partial charge in [0.1, 0.15) is 6.16 Å². The zero-order valence-corrected chi connectivity index (χ0v) is 7.69. The van der Waals surface area contributed by atoms with Crippen LogP contribution in [0.1, 0.15) is 6.42 Å². The van der Waals surface area contributed by atoms with Gasteiger partial charge in [0.05, 0.1) is 0 Å². The fourth-order valence-corrected chi connectivity index (χ4v) is 1.74. The Hall–Kier alpha value is -0.320. The Labute approximate surface area is 76.4 Å². The number of alkyl halides is 5. The molecule has 0 amide bonds. The van der Waals surface area contributed by atoms with Crippen LogP contribution >= 0.6 is 7.88 Å². The second-order valence-corrected chi connectivity index (χ2v) is 4.74. The molecule has 0 aliphatic heterocycles. The van der Waals surface area contributed by atoms with Crippen LogP contribution in [0.4, 0.5) is 30.3 Å². The van der Waals surface area contributed by atoms with Crippen LogP contribution in [0.15, 0.2) is 12.7 Å². The Morgan fingerprint density at radius 2 is 1.50 bits per heavy atom. The molecule has 0 saturated carbocycles. The monoisotopic (exact) mass is 243 g/mol. The van der Waals surface area contributed by atoms with Gasteiger partial charge in [-0.3, -0.25) is 0 Å². The molecule has 0 aromatic carbocycles. The van der Waals surface area contributed by atoms with Gasteiger partial charge in [-0.2, -0.15) is 22.0 Å². The van der Waals surface area contributed by atoms with E-state index in [4.69, 9.17) is 0 Å². The molecule has 84 valence electrons. The van der Waals surface area contributed by atoms with Crippen LogP contribution in [0.2, 0.25) is 0 Å².